The van der Waals surface area contributed by atoms with E-state index in [2.05, 4.69) is 9.82 Å². The Morgan fingerprint density at radius 2 is 1.80 bits per heavy atom. The number of fused-ring (bicyclic) bond motifs is 1. The Kier molecular flexibility index (Phi) is 7.82. The molecule has 35 heavy (non-hydrogen) atoms. The molecule has 1 aromatic carbocycles. The standard InChI is InChI=1S/C23H25F2N5O3S.Na/c24-16-6-7-20(25)18(13-16)21-5-4-11-29(21)17-8-12-30-22(14-17)19(15-26-30)23(31)27-34(32,33)28-9-2-1-3-10-28;/h6-8,12-15,21H,1-5,9-11H2,(H,27,31);/q;+1/p-1/t21-;/m1./s1. The number of nitrogens with zero attached hydrogens (tertiary/aromatic N) is 5. The summed E-state index contributed by atoms with van der Waals surface area (Å²) in [6.45, 7) is 1.33. The SMILES string of the molecule is O=C([N-]S(=O)(=O)N1CCCCC1)c1cnn2ccc(N3CCC[C@@H]3c3cc(F)ccc3F)cc12.[Na+]. The van der Waals surface area contributed by atoms with Crippen molar-refractivity contribution in [3.63, 3.8) is 0 Å². The van der Waals surface area contributed by atoms with Gasteiger partial charge in [-0.1, -0.05) is 6.42 Å². The van der Waals surface area contributed by atoms with Crippen molar-refractivity contribution in [1.82, 2.24) is 13.9 Å². The van der Waals surface area contributed by atoms with Crippen molar-refractivity contribution in [3.05, 3.63) is 70.2 Å². The normalized spacial score (nSPS) is 19.0. The molecule has 0 N–H and O–H groups in total. The number of aromatic nitrogens is 2. The second-order valence-corrected chi connectivity index (χ2v) is 10.2. The second-order valence-electron chi connectivity index (χ2n) is 8.62. The zero-order valence-electron chi connectivity index (χ0n) is 19.4. The molecule has 5 rings (SSSR count). The number of pyridine rings is 1. The molecule has 1 atom stereocenters. The van der Waals surface area contributed by atoms with Gasteiger partial charge in [0.15, 0.2) is 10.2 Å². The Hall–Kier alpha value is -2.05. The number of benzene rings is 1. The summed E-state index contributed by atoms with van der Waals surface area (Å²) >= 11 is 0. The Morgan fingerprint density at radius 3 is 2.57 bits per heavy atom. The van der Waals surface area contributed by atoms with Crippen molar-refractivity contribution in [2.24, 2.45) is 0 Å². The third kappa shape index (κ3) is 5.24. The number of halogens is 2. The van der Waals surface area contributed by atoms with Gasteiger partial charge in [0, 0.05) is 42.6 Å². The molecule has 2 saturated heterocycles. The number of anilines is 1. The maximum atomic E-state index is 14.5. The molecule has 0 radical (unpaired) electrons. The van der Waals surface area contributed by atoms with Gasteiger partial charge in [0.05, 0.1) is 23.7 Å². The number of piperidine rings is 1. The summed E-state index contributed by atoms with van der Waals surface area (Å²) in [5.41, 5.74) is 1.44. The van der Waals surface area contributed by atoms with Crippen molar-refractivity contribution >= 4 is 27.3 Å². The summed E-state index contributed by atoms with van der Waals surface area (Å²) in [5, 5.41) is 4.15. The molecule has 3 aromatic rings. The Morgan fingerprint density at radius 1 is 1.03 bits per heavy atom. The van der Waals surface area contributed by atoms with Crippen LogP contribution in [0, 0.1) is 11.6 Å². The van der Waals surface area contributed by atoms with E-state index < -0.39 is 27.8 Å². The van der Waals surface area contributed by atoms with Gasteiger partial charge in [-0.05, 0) is 56.0 Å². The molecule has 2 aliphatic rings. The Bertz CT molecular complexity index is 1340. The van der Waals surface area contributed by atoms with Crippen molar-refractivity contribution in [1.29, 1.82) is 0 Å². The van der Waals surface area contributed by atoms with Crippen LogP contribution in [0.2, 0.25) is 0 Å². The predicted octanol–water partition coefficient (Wildman–Crippen LogP) is 1.20. The van der Waals surface area contributed by atoms with Crippen LogP contribution in [0.15, 0.2) is 42.7 Å². The van der Waals surface area contributed by atoms with Crippen LogP contribution in [0.5, 0.6) is 0 Å². The maximum Gasteiger partial charge on any atom is 1.00 e. The molecule has 180 valence electrons. The van der Waals surface area contributed by atoms with Gasteiger partial charge < -0.3 is 14.4 Å². The van der Waals surface area contributed by atoms with E-state index in [0.717, 1.165) is 37.8 Å². The minimum Gasteiger partial charge on any atom is -0.528 e. The molecule has 8 nitrogen and oxygen atoms in total. The minimum atomic E-state index is -4.07. The third-order valence-electron chi connectivity index (χ3n) is 6.48. The number of hydrogen-bond donors (Lipinski definition) is 0. The first-order valence-corrected chi connectivity index (χ1v) is 12.7. The largest absolute Gasteiger partial charge is 1.00 e. The Balaban J connectivity index is 0.00000289. The Labute approximate surface area is 224 Å². The minimum absolute atomic E-state index is 0. The van der Waals surface area contributed by atoms with Gasteiger partial charge >= 0.3 is 29.6 Å². The van der Waals surface area contributed by atoms with Crippen LogP contribution >= 0.6 is 0 Å². The fourth-order valence-electron chi connectivity index (χ4n) is 4.79. The number of carbonyl (C=O) groups excluding carboxylic acids is 1. The van der Waals surface area contributed by atoms with Crippen molar-refractivity contribution in [2.75, 3.05) is 24.5 Å². The summed E-state index contributed by atoms with van der Waals surface area (Å²) in [5.74, 6) is -1.85. The average molecular weight is 512 g/mol. The first kappa shape index (κ1) is 26.0. The van der Waals surface area contributed by atoms with Crippen LogP contribution in [0.3, 0.4) is 0 Å². The van der Waals surface area contributed by atoms with Crippen LogP contribution < -0.4 is 34.5 Å². The smallest absolute Gasteiger partial charge is 0.528 e. The summed E-state index contributed by atoms with van der Waals surface area (Å²) in [4.78, 5) is 14.8. The topological polar surface area (TPSA) is 89.1 Å². The van der Waals surface area contributed by atoms with Gasteiger partial charge in [0.25, 0.3) is 0 Å². The van der Waals surface area contributed by atoms with Gasteiger partial charge in [0.2, 0.25) is 0 Å². The number of carbonyl (C=O) groups is 1. The number of rotatable bonds is 5. The van der Waals surface area contributed by atoms with Crippen LogP contribution in [0.4, 0.5) is 14.5 Å². The second kappa shape index (κ2) is 10.5. The molecule has 0 saturated carbocycles. The van der Waals surface area contributed by atoms with Gasteiger partial charge in [-0.15, -0.1) is 0 Å². The van der Waals surface area contributed by atoms with E-state index in [1.165, 1.54) is 21.1 Å². The van der Waals surface area contributed by atoms with E-state index in [-0.39, 0.29) is 46.7 Å². The summed E-state index contributed by atoms with van der Waals surface area (Å²) in [6.07, 6.45) is 6.83. The van der Waals surface area contributed by atoms with Crippen molar-refractivity contribution < 1.29 is 51.6 Å². The first-order chi connectivity index (χ1) is 16.3. The van der Waals surface area contributed by atoms with E-state index in [1.807, 2.05) is 4.90 Å². The molecule has 0 spiro atoms. The number of hydrogen-bond acceptors (Lipinski definition) is 5. The molecule has 2 aromatic heterocycles. The van der Waals surface area contributed by atoms with Gasteiger partial charge in [-0.2, -0.15) is 5.10 Å². The summed E-state index contributed by atoms with van der Waals surface area (Å²) < 4.78 is 59.7. The molecule has 4 heterocycles. The van der Waals surface area contributed by atoms with Crippen LogP contribution in [-0.2, 0) is 10.2 Å². The fraction of sp³-hybridized carbons (Fsp3) is 0.391. The first-order valence-electron chi connectivity index (χ1n) is 11.3. The zero-order valence-corrected chi connectivity index (χ0v) is 22.2. The number of amides is 1. The molecule has 0 unspecified atom stereocenters. The van der Waals surface area contributed by atoms with Gasteiger partial charge in [0.1, 0.15) is 11.6 Å². The maximum absolute atomic E-state index is 14.5. The summed E-state index contributed by atoms with van der Waals surface area (Å²) in [7, 11) is -4.07. The summed E-state index contributed by atoms with van der Waals surface area (Å²) in [6, 6.07) is 6.57. The molecule has 0 bridgehead atoms. The monoisotopic (exact) mass is 511 g/mol. The molecule has 1 amide bonds. The molecule has 2 fully saturated rings. The van der Waals surface area contributed by atoms with E-state index in [0.29, 0.717) is 37.3 Å². The van der Waals surface area contributed by atoms with Crippen LogP contribution in [0.25, 0.3) is 10.2 Å². The van der Waals surface area contributed by atoms with Crippen LogP contribution in [-0.4, -0.2) is 47.9 Å². The van der Waals surface area contributed by atoms with Crippen molar-refractivity contribution in [3.8, 4) is 0 Å². The quantitative estimate of drug-likeness (QED) is 0.481. The van der Waals surface area contributed by atoms with Crippen molar-refractivity contribution in [2.45, 2.75) is 38.1 Å². The molecule has 2 aliphatic heterocycles. The fourth-order valence-corrected chi connectivity index (χ4v) is 5.93. The van der Waals surface area contributed by atoms with Gasteiger partial charge in [-0.25, -0.2) is 26.0 Å². The van der Waals surface area contributed by atoms with Crippen LogP contribution in [0.1, 0.15) is 54.1 Å². The predicted molar refractivity (Wildman–Crippen MR) is 123 cm³/mol. The zero-order chi connectivity index (χ0) is 23.9. The van der Waals surface area contributed by atoms with Gasteiger partial charge in [-0.3, -0.25) is 0 Å². The third-order valence-corrected chi connectivity index (χ3v) is 7.89. The van der Waals surface area contributed by atoms with E-state index in [4.69, 9.17) is 0 Å². The molecule has 12 heteroatoms. The molecule has 0 aliphatic carbocycles. The van der Waals surface area contributed by atoms with E-state index >= 15 is 0 Å². The van der Waals surface area contributed by atoms with E-state index in [1.54, 1.807) is 18.3 Å². The average Bonchev–Trinajstić information content (AvgIpc) is 3.48. The molecular weight excluding hydrogens is 487 g/mol. The molecular formula is C23H24F2N5NaO3S. The van der Waals surface area contributed by atoms with E-state index in [9.17, 15) is 22.0 Å².